The molecule has 1 aromatic carbocycles. The van der Waals surface area contributed by atoms with Crippen molar-refractivity contribution in [1.29, 1.82) is 0 Å². The van der Waals surface area contributed by atoms with Crippen molar-refractivity contribution in [2.24, 2.45) is 0 Å². The smallest absolute Gasteiger partial charge is 0.307 e. The lowest BCUT2D eigenvalue weighted by atomic mass is 9.68. The van der Waals surface area contributed by atoms with E-state index in [1.165, 1.54) is 25.5 Å². The van der Waals surface area contributed by atoms with Gasteiger partial charge in [0.05, 0.1) is 13.5 Å². The Morgan fingerprint density at radius 1 is 1.33 bits per heavy atom. The maximum absolute atomic E-state index is 12.0. The molecule has 0 aliphatic heterocycles. The van der Waals surface area contributed by atoms with Gasteiger partial charge in [0.1, 0.15) is 0 Å². The van der Waals surface area contributed by atoms with E-state index in [2.05, 4.69) is 36.5 Å². The maximum atomic E-state index is 12.0. The monoisotopic (exact) mass is 289 g/mol. The number of rotatable bonds is 6. The second kappa shape index (κ2) is 7.60. The van der Waals surface area contributed by atoms with Gasteiger partial charge in [-0.3, -0.25) is 4.79 Å². The molecule has 1 fully saturated rings. The molecular weight excluding hydrogens is 262 g/mol. The third-order valence-corrected chi connectivity index (χ3v) is 4.65. The molecule has 0 bridgehead atoms. The number of hydrogen-bond acceptors (Lipinski definition) is 3. The van der Waals surface area contributed by atoms with Gasteiger partial charge in [-0.05, 0) is 31.4 Å². The van der Waals surface area contributed by atoms with Crippen LogP contribution in [0.3, 0.4) is 0 Å². The molecule has 0 spiro atoms. The van der Waals surface area contributed by atoms with Crippen LogP contribution in [-0.2, 0) is 9.53 Å². The van der Waals surface area contributed by atoms with Crippen molar-refractivity contribution >= 4 is 5.97 Å². The average Bonchev–Trinajstić information content (AvgIpc) is 2.54. The molecule has 1 aliphatic rings. The molecule has 1 aliphatic carbocycles. The molecule has 0 aromatic heterocycles. The van der Waals surface area contributed by atoms with E-state index in [4.69, 9.17) is 4.74 Å². The number of carbonyl (C=O) groups excluding carboxylic acids is 1. The van der Waals surface area contributed by atoms with Crippen molar-refractivity contribution in [1.82, 2.24) is 5.32 Å². The summed E-state index contributed by atoms with van der Waals surface area (Å²) >= 11 is 0. The van der Waals surface area contributed by atoms with E-state index in [-0.39, 0.29) is 11.5 Å². The molecule has 2 atom stereocenters. The van der Waals surface area contributed by atoms with Crippen molar-refractivity contribution in [3.8, 4) is 0 Å². The molecule has 0 saturated heterocycles. The molecule has 1 aromatic rings. The fourth-order valence-electron chi connectivity index (χ4n) is 3.60. The van der Waals surface area contributed by atoms with Crippen LogP contribution in [0.5, 0.6) is 0 Å². The van der Waals surface area contributed by atoms with Gasteiger partial charge in [0.25, 0.3) is 0 Å². The number of carbonyl (C=O) groups is 1. The van der Waals surface area contributed by atoms with Crippen molar-refractivity contribution < 1.29 is 9.53 Å². The predicted octanol–water partition coefficient (Wildman–Crippen LogP) is 3.65. The Balaban J connectivity index is 2.30. The molecule has 1 N–H and O–H groups in total. The largest absolute Gasteiger partial charge is 0.469 e. The molecule has 3 nitrogen and oxygen atoms in total. The first kappa shape index (κ1) is 16.0. The summed E-state index contributed by atoms with van der Waals surface area (Å²) in [5, 5.41) is 3.70. The number of ether oxygens (including phenoxy) is 1. The van der Waals surface area contributed by atoms with Gasteiger partial charge in [0.15, 0.2) is 0 Å². The van der Waals surface area contributed by atoms with Crippen LogP contribution in [0.2, 0.25) is 0 Å². The van der Waals surface area contributed by atoms with E-state index >= 15 is 0 Å². The van der Waals surface area contributed by atoms with Crippen molar-refractivity contribution in [3.05, 3.63) is 35.9 Å². The summed E-state index contributed by atoms with van der Waals surface area (Å²) in [4.78, 5) is 12.0. The van der Waals surface area contributed by atoms with Gasteiger partial charge in [-0.15, -0.1) is 0 Å². The number of hydrogen-bond donors (Lipinski definition) is 1. The third kappa shape index (κ3) is 3.85. The Hall–Kier alpha value is -1.35. The minimum Gasteiger partial charge on any atom is -0.469 e. The summed E-state index contributed by atoms with van der Waals surface area (Å²) in [5.74, 6) is 0.277. The highest BCUT2D eigenvalue weighted by atomic mass is 16.5. The summed E-state index contributed by atoms with van der Waals surface area (Å²) in [7, 11) is 1.48. The molecule has 0 amide bonds. The van der Waals surface area contributed by atoms with Crippen molar-refractivity contribution in [3.63, 3.8) is 0 Å². The summed E-state index contributed by atoms with van der Waals surface area (Å²) in [6.07, 6.45) is 6.13. The van der Waals surface area contributed by atoms with Crippen LogP contribution >= 0.6 is 0 Å². The van der Waals surface area contributed by atoms with E-state index in [0.29, 0.717) is 12.3 Å². The molecule has 1 saturated carbocycles. The van der Waals surface area contributed by atoms with E-state index in [1.807, 2.05) is 6.07 Å². The normalized spacial score (nSPS) is 25.5. The first-order valence-corrected chi connectivity index (χ1v) is 8.08. The molecule has 3 heteroatoms. The standard InChI is InChI=1S/C18H27NO2/c1-3-13-19-18(14-17(20)21-2)12-8-7-11-16(18)15-9-5-4-6-10-15/h4-6,9-10,16,19H,3,7-8,11-14H2,1-2H3. The van der Waals surface area contributed by atoms with Crippen LogP contribution in [0, 0.1) is 0 Å². The van der Waals surface area contributed by atoms with Gasteiger partial charge in [-0.2, -0.15) is 0 Å². The molecule has 2 unspecified atom stereocenters. The van der Waals surface area contributed by atoms with Gasteiger partial charge >= 0.3 is 5.97 Å². The zero-order valence-electron chi connectivity index (χ0n) is 13.2. The fraction of sp³-hybridized carbons (Fsp3) is 0.611. The SMILES string of the molecule is CCCNC1(CC(=O)OC)CCCCC1c1ccccc1. The Labute approximate surface area is 128 Å². The van der Waals surface area contributed by atoms with Crippen molar-refractivity contribution in [2.75, 3.05) is 13.7 Å². The van der Waals surface area contributed by atoms with E-state index < -0.39 is 0 Å². The molecular formula is C18H27NO2. The second-order valence-corrected chi connectivity index (χ2v) is 6.04. The zero-order chi connectivity index (χ0) is 15.1. The van der Waals surface area contributed by atoms with Gasteiger partial charge in [-0.1, -0.05) is 50.1 Å². The maximum Gasteiger partial charge on any atom is 0.307 e. The second-order valence-electron chi connectivity index (χ2n) is 6.04. The molecule has 0 radical (unpaired) electrons. The number of esters is 1. The number of methoxy groups -OCH3 is 1. The van der Waals surface area contributed by atoms with Gasteiger partial charge < -0.3 is 10.1 Å². The molecule has 2 rings (SSSR count). The molecule has 116 valence electrons. The predicted molar refractivity (Wildman–Crippen MR) is 85.3 cm³/mol. The Morgan fingerprint density at radius 2 is 2.10 bits per heavy atom. The highest BCUT2D eigenvalue weighted by molar-refractivity contribution is 5.71. The Morgan fingerprint density at radius 3 is 2.76 bits per heavy atom. The topological polar surface area (TPSA) is 38.3 Å². The minimum atomic E-state index is -0.150. The van der Waals surface area contributed by atoms with Crippen LogP contribution in [0.15, 0.2) is 30.3 Å². The Kier molecular flexibility index (Phi) is 5.80. The lowest BCUT2D eigenvalue weighted by Gasteiger charge is -2.45. The lowest BCUT2D eigenvalue weighted by Crippen LogP contribution is -2.53. The summed E-state index contributed by atoms with van der Waals surface area (Å²) < 4.78 is 4.96. The molecule has 0 heterocycles. The average molecular weight is 289 g/mol. The van der Waals surface area contributed by atoms with E-state index in [0.717, 1.165) is 25.8 Å². The van der Waals surface area contributed by atoms with Gasteiger partial charge in [0.2, 0.25) is 0 Å². The minimum absolute atomic E-state index is 0.110. The van der Waals surface area contributed by atoms with Crippen LogP contribution in [0.25, 0.3) is 0 Å². The summed E-state index contributed by atoms with van der Waals surface area (Å²) in [6.45, 7) is 3.11. The highest BCUT2D eigenvalue weighted by Crippen LogP contribution is 2.43. The quantitative estimate of drug-likeness (QED) is 0.812. The third-order valence-electron chi connectivity index (χ3n) is 4.65. The van der Waals surface area contributed by atoms with Gasteiger partial charge in [0, 0.05) is 11.5 Å². The van der Waals surface area contributed by atoms with E-state index in [9.17, 15) is 4.79 Å². The first-order valence-electron chi connectivity index (χ1n) is 8.08. The van der Waals surface area contributed by atoms with Crippen molar-refractivity contribution in [2.45, 2.75) is 56.9 Å². The number of benzene rings is 1. The summed E-state index contributed by atoms with van der Waals surface area (Å²) in [6, 6.07) is 10.6. The van der Waals surface area contributed by atoms with Crippen LogP contribution in [0.1, 0.15) is 56.9 Å². The Bertz CT molecular complexity index is 446. The summed E-state index contributed by atoms with van der Waals surface area (Å²) in [5.41, 5.74) is 1.19. The lowest BCUT2D eigenvalue weighted by molar-refractivity contribution is -0.143. The first-order chi connectivity index (χ1) is 10.2. The van der Waals surface area contributed by atoms with E-state index in [1.54, 1.807) is 0 Å². The zero-order valence-corrected chi connectivity index (χ0v) is 13.2. The van der Waals surface area contributed by atoms with Crippen LogP contribution < -0.4 is 5.32 Å². The van der Waals surface area contributed by atoms with Gasteiger partial charge in [-0.25, -0.2) is 0 Å². The number of nitrogens with one attached hydrogen (secondary N) is 1. The molecule has 21 heavy (non-hydrogen) atoms. The van der Waals surface area contributed by atoms with Crippen LogP contribution in [0.4, 0.5) is 0 Å². The fourth-order valence-corrected chi connectivity index (χ4v) is 3.60. The highest BCUT2D eigenvalue weighted by Gasteiger charge is 2.42. The van der Waals surface area contributed by atoms with Crippen LogP contribution in [-0.4, -0.2) is 25.2 Å².